The second kappa shape index (κ2) is 5.89. The highest BCUT2D eigenvalue weighted by molar-refractivity contribution is 5.57. The topological polar surface area (TPSA) is 84.6 Å². The average Bonchev–Trinajstić information content (AvgIpc) is 2.44. The summed E-state index contributed by atoms with van der Waals surface area (Å²) in [5.74, 6) is 0.492. The predicted octanol–water partition coefficient (Wildman–Crippen LogP) is 2.95. The predicted molar refractivity (Wildman–Crippen MR) is 80.7 cm³/mol. The van der Waals surface area contributed by atoms with Crippen LogP contribution in [0.15, 0.2) is 18.2 Å². The zero-order chi connectivity index (χ0) is 15.6. The number of nitro benzene ring substituents is 1. The Labute approximate surface area is 124 Å². The smallest absolute Gasteiger partial charge is 0.275 e. The summed E-state index contributed by atoms with van der Waals surface area (Å²) in [5, 5.41) is 24.0. The van der Waals surface area contributed by atoms with Crippen LogP contribution in [0.3, 0.4) is 0 Å². The van der Waals surface area contributed by atoms with Gasteiger partial charge in [0.2, 0.25) is 0 Å². The third-order valence-electron chi connectivity index (χ3n) is 4.13. The summed E-state index contributed by atoms with van der Waals surface area (Å²) in [4.78, 5) is 10.6. The molecule has 0 heterocycles. The van der Waals surface area contributed by atoms with Crippen molar-refractivity contribution in [3.8, 4) is 5.75 Å². The first-order valence-electron chi connectivity index (χ1n) is 7.21. The summed E-state index contributed by atoms with van der Waals surface area (Å²) < 4.78 is 5.50. The van der Waals surface area contributed by atoms with Crippen LogP contribution in [0.5, 0.6) is 5.75 Å². The van der Waals surface area contributed by atoms with Crippen LogP contribution >= 0.6 is 0 Å². The lowest BCUT2D eigenvalue weighted by Gasteiger charge is -2.49. The molecule has 116 valence electrons. The molecule has 6 heteroatoms. The Morgan fingerprint density at radius 3 is 2.71 bits per heavy atom. The summed E-state index contributed by atoms with van der Waals surface area (Å²) in [6.07, 6.45) is 1.14. The van der Waals surface area contributed by atoms with E-state index in [9.17, 15) is 15.2 Å². The third-order valence-corrected chi connectivity index (χ3v) is 4.13. The van der Waals surface area contributed by atoms with Crippen molar-refractivity contribution >= 4 is 11.4 Å². The molecule has 2 atom stereocenters. The van der Waals surface area contributed by atoms with E-state index >= 15 is 0 Å². The van der Waals surface area contributed by atoms with Gasteiger partial charge in [0.05, 0.1) is 23.7 Å². The molecule has 1 fully saturated rings. The number of nitrogens with one attached hydrogen (secondary N) is 1. The lowest BCUT2D eigenvalue weighted by Crippen LogP contribution is -2.56. The van der Waals surface area contributed by atoms with Crippen molar-refractivity contribution in [3.63, 3.8) is 0 Å². The van der Waals surface area contributed by atoms with Crippen molar-refractivity contribution in [3.05, 3.63) is 28.3 Å². The van der Waals surface area contributed by atoms with Gasteiger partial charge < -0.3 is 15.2 Å². The molecule has 2 N–H and O–H groups in total. The molecule has 0 spiro atoms. The van der Waals surface area contributed by atoms with Crippen molar-refractivity contribution in [1.29, 1.82) is 0 Å². The maximum absolute atomic E-state index is 11.0. The number of nitrogens with zero attached hydrogens (tertiary/aromatic N) is 1. The third kappa shape index (κ3) is 3.26. The fraction of sp³-hybridized carbons (Fsp3) is 0.600. The molecule has 0 saturated heterocycles. The number of rotatable bonds is 6. The molecular formula is C15H22N2O4. The van der Waals surface area contributed by atoms with Crippen LogP contribution in [0.25, 0.3) is 0 Å². The van der Waals surface area contributed by atoms with E-state index in [2.05, 4.69) is 5.32 Å². The first-order chi connectivity index (χ1) is 9.84. The first-order valence-corrected chi connectivity index (χ1v) is 7.21. The molecule has 21 heavy (non-hydrogen) atoms. The van der Waals surface area contributed by atoms with E-state index in [0.29, 0.717) is 24.5 Å². The number of non-ortho nitro benzene ring substituents is 1. The highest BCUT2D eigenvalue weighted by Gasteiger charge is 2.47. The van der Waals surface area contributed by atoms with E-state index in [-0.39, 0.29) is 23.2 Å². The van der Waals surface area contributed by atoms with E-state index in [0.717, 1.165) is 6.42 Å². The molecule has 1 aromatic carbocycles. The van der Waals surface area contributed by atoms with Crippen LogP contribution in [0.2, 0.25) is 0 Å². The van der Waals surface area contributed by atoms with E-state index in [1.54, 1.807) is 6.07 Å². The van der Waals surface area contributed by atoms with Gasteiger partial charge in [0.1, 0.15) is 5.75 Å². The van der Waals surface area contributed by atoms with Crippen LogP contribution in [0.4, 0.5) is 11.4 Å². The Bertz CT molecular complexity index is 530. The minimum Gasteiger partial charge on any atom is -0.493 e. The van der Waals surface area contributed by atoms with E-state index < -0.39 is 4.92 Å². The van der Waals surface area contributed by atoms with Crippen molar-refractivity contribution in [1.82, 2.24) is 0 Å². The zero-order valence-electron chi connectivity index (χ0n) is 12.6. The number of ether oxygens (including phenoxy) is 1. The number of benzene rings is 1. The molecule has 6 nitrogen and oxygen atoms in total. The second-order valence-corrected chi connectivity index (χ2v) is 6.09. The standard InChI is InChI=1S/C15H22N2O4/c1-4-5-21-12-7-10(6-11(8-12)17(19)20)16-13-9-14(18)15(13,2)3/h6-8,13-14,16,18H,4-5,9H2,1-3H3. The highest BCUT2D eigenvalue weighted by Crippen LogP contribution is 2.42. The van der Waals surface area contributed by atoms with Gasteiger partial charge in [-0.1, -0.05) is 20.8 Å². The number of hydrogen-bond donors (Lipinski definition) is 2. The van der Waals surface area contributed by atoms with E-state index in [1.165, 1.54) is 12.1 Å². The van der Waals surface area contributed by atoms with Gasteiger partial charge >= 0.3 is 0 Å². The zero-order valence-corrected chi connectivity index (χ0v) is 12.6. The summed E-state index contributed by atoms with van der Waals surface area (Å²) >= 11 is 0. The van der Waals surface area contributed by atoms with Crippen molar-refractivity contribution in [2.24, 2.45) is 5.41 Å². The number of anilines is 1. The molecule has 0 aromatic heterocycles. The van der Waals surface area contributed by atoms with Gasteiger partial charge in [-0.2, -0.15) is 0 Å². The molecule has 2 rings (SSSR count). The van der Waals surface area contributed by atoms with Gasteiger partial charge in [-0.05, 0) is 12.8 Å². The molecule has 0 amide bonds. The van der Waals surface area contributed by atoms with Crippen LogP contribution < -0.4 is 10.1 Å². The fourth-order valence-corrected chi connectivity index (χ4v) is 2.42. The summed E-state index contributed by atoms with van der Waals surface area (Å²) in [6.45, 7) is 6.46. The number of aliphatic hydroxyl groups excluding tert-OH is 1. The van der Waals surface area contributed by atoms with Gasteiger partial charge in [0.25, 0.3) is 5.69 Å². The Morgan fingerprint density at radius 1 is 1.48 bits per heavy atom. The average molecular weight is 294 g/mol. The largest absolute Gasteiger partial charge is 0.493 e. The molecule has 0 aliphatic heterocycles. The highest BCUT2D eigenvalue weighted by atomic mass is 16.6. The lowest BCUT2D eigenvalue weighted by molar-refractivity contribution is -0.384. The first kappa shape index (κ1) is 15.6. The second-order valence-electron chi connectivity index (χ2n) is 6.09. The molecule has 0 radical (unpaired) electrons. The molecule has 1 aliphatic rings. The number of hydrogen-bond acceptors (Lipinski definition) is 5. The Kier molecular flexibility index (Phi) is 4.37. The SMILES string of the molecule is CCCOc1cc(NC2CC(O)C2(C)C)cc([N+](=O)[O-])c1. The van der Waals surface area contributed by atoms with E-state index in [1.807, 2.05) is 20.8 Å². The van der Waals surface area contributed by atoms with Gasteiger partial charge in [0.15, 0.2) is 0 Å². The lowest BCUT2D eigenvalue weighted by atomic mass is 9.64. The molecule has 2 unspecified atom stereocenters. The summed E-state index contributed by atoms with van der Waals surface area (Å²) in [7, 11) is 0. The van der Waals surface area contributed by atoms with Crippen LogP contribution in [0, 0.1) is 15.5 Å². The Morgan fingerprint density at radius 2 is 2.19 bits per heavy atom. The minimum atomic E-state index is -0.426. The Hall–Kier alpha value is -1.82. The van der Waals surface area contributed by atoms with Crippen LogP contribution in [0.1, 0.15) is 33.6 Å². The van der Waals surface area contributed by atoms with Gasteiger partial charge in [-0.25, -0.2) is 0 Å². The molecule has 1 saturated carbocycles. The molecule has 1 aliphatic carbocycles. The quantitative estimate of drug-likeness (QED) is 0.622. The van der Waals surface area contributed by atoms with Gasteiger partial charge in [0, 0.05) is 29.3 Å². The molecular weight excluding hydrogens is 272 g/mol. The van der Waals surface area contributed by atoms with Gasteiger partial charge in [-0.3, -0.25) is 10.1 Å². The number of aliphatic hydroxyl groups is 1. The number of nitro groups is 1. The van der Waals surface area contributed by atoms with Crippen molar-refractivity contribution in [2.75, 3.05) is 11.9 Å². The molecule has 1 aromatic rings. The van der Waals surface area contributed by atoms with Crippen LogP contribution in [-0.4, -0.2) is 28.8 Å². The summed E-state index contributed by atoms with van der Waals surface area (Å²) in [6, 6.07) is 4.79. The van der Waals surface area contributed by atoms with Crippen molar-refractivity contribution in [2.45, 2.75) is 45.8 Å². The summed E-state index contributed by atoms with van der Waals surface area (Å²) in [5.41, 5.74) is 0.416. The maximum Gasteiger partial charge on any atom is 0.275 e. The molecule has 0 bridgehead atoms. The minimum absolute atomic E-state index is 0.00350. The fourth-order valence-electron chi connectivity index (χ4n) is 2.42. The van der Waals surface area contributed by atoms with Gasteiger partial charge in [-0.15, -0.1) is 0 Å². The maximum atomic E-state index is 11.0. The monoisotopic (exact) mass is 294 g/mol. The Balaban J connectivity index is 2.18. The van der Waals surface area contributed by atoms with E-state index in [4.69, 9.17) is 4.74 Å². The van der Waals surface area contributed by atoms with Crippen molar-refractivity contribution < 1.29 is 14.8 Å². The van der Waals surface area contributed by atoms with Crippen LogP contribution in [-0.2, 0) is 0 Å². The normalized spacial score (nSPS) is 23.2.